The molecule has 0 unspecified atom stereocenters. The minimum atomic E-state index is -0.488. The molecule has 0 bridgehead atoms. The van der Waals surface area contributed by atoms with Crippen LogP contribution in [0.3, 0.4) is 0 Å². The Hall–Kier alpha value is -2.63. The summed E-state index contributed by atoms with van der Waals surface area (Å²) in [4.78, 5) is 23.8. The molecule has 0 aromatic carbocycles. The first-order chi connectivity index (χ1) is 13.2. The first-order valence-corrected chi connectivity index (χ1v) is 8.94. The fraction of sp³-hybridized carbons (Fsp3) is 0.562. The van der Waals surface area contributed by atoms with Crippen LogP contribution in [0.2, 0.25) is 0 Å². The van der Waals surface area contributed by atoms with Gasteiger partial charge in [-0.15, -0.1) is 0 Å². The first kappa shape index (κ1) is 17.8. The quantitative estimate of drug-likeness (QED) is 0.505. The van der Waals surface area contributed by atoms with Crippen molar-refractivity contribution in [3.05, 3.63) is 12.4 Å². The molecule has 144 valence electrons. The topological polar surface area (TPSA) is 147 Å². The number of hydrogen-bond donors (Lipinski definition) is 4. The second-order valence-corrected chi connectivity index (χ2v) is 6.70. The van der Waals surface area contributed by atoms with Crippen molar-refractivity contribution in [1.29, 1.82) is 0 Å². The number of nitrogens with one attached hydrogen (secondary N) is 2. The maximum Gasteiger partial charge on any atom is 0.230 e. The third-order valence-electron chi connectivity index (χ3n) is 4.77. The van der Waals surface area contributed by atoms with Crippen molar-refractivity contribution in [2.24, 2.45) is 0 Å². The monoisotopic (exact) mass is 373 g/mol. The minimum absolute atomic E-state index is 0.0150. The summed E-state index contributed by atoms with van der Waals surface area (Å²) in [7, 11) is 0. The highest BCUT2D eigenvalue weighted by atomic mass is 16.5. The van der Waals surface area contributed by atoms with Gasteiger partial charge in [0.25, 0.3) is 0 Å². The summed E-state index contributed by atoms with van der Waals surface area (Å²) in [5.41, 5.74) is 5.74. The van der Waals surface area contributed by atoms with Gasteiger partial charge in [0.2, 0.25) is 17.8 Å². The number of hydrogen-bond acceptors (Lipinski definition) is 11. The Morgan fingerprint density at radius 2 is 2.00 bits per heavy atom. The third kappa shape index (κ3) is 3.89. The maximum absolute atomic E-state index is 9.88. The van der Waals surface area contributed by atoms with E-state index in [9.17, 15) is 5.11 Å². The van der Waals surface area contributed by atoms with E-state index >= 15 is 0 Å². The summed E-state index contributed by atoms with van der Waals surface area (Å²) in [5.74, 6) is 1.61. The van der Waals surface area contributed by atoms with Crippen molar-refractivity contribution in [3.63, 3.8) is 0 Å². The fourth-order valence-corrected chi connectivity index (χ4v) is 3.17. The lowest BCUT2D eigenvalue weighted by atomic mass is 10.0. The van der Waals surface area contributed by atoms with Crippen molar-refractivity contribution < 1.29 is 9.84 Å². The Morgan fingerprint density at radius 3 is 2.67 bits per heavy atom. The second-order valence-electron chi connectivity index (χ2n) is 6.70. The molecular formula is C16H23N9O2. The number of aliphatic hydroxyl groups is 1. The number of anilines is 3. The highest BCUT2D eigenvalue weighted by Crippen LogP contribution is 2.24. The summed E-state index contributed by atoms with van der Waals surface area (Å²) in [6.45, 7) is 4.11. The third-order valence-corrected chi connectivity index (χ3v) is 4.77. The Labute approximate surface area is 156 Å². The lowest BCUT2D eigenvalue weighted by Gasteiger charge is -2.29. The first-order valence-electron chi connectivity index (χ1n) is 8.94. The molecule has 2 aromatic rings. The van der Waals surface area contributed by atoms with Crippen LogP contribution in [0.4, 0.5) is 17.8 Å². The van der Waals surface area contributed by atoms with Crippen LogP contribution < -0.4 is 21.3 Å². The SMILES string of the molecule is Nc1ncc(-c2nc(N[C@@]3(CO)CCNC3)nc(N3CCOCC3)n2)cn1. The molecule has 4 rings (SSSR count). The molecule has 11 nitrogen and oxygen atoms in total. The molecule has 0 radical (unpaired) electrons. The Morgan fingerprint density at radius 1 is 1.22 bits per heavy atom. The number of aliphatic hydroxyl groups excluding tert-OH is 1. The molecule has 2 aromatic heterocycles. The molecular weight excluding hydrogens is 350 g/mol. The van der Waals surface area contributed by atoms with Gasteiger partial charge in [0.1, 0.15) is 0 Å². The van der Waals surface area contributed by atoms with E-state index in [1.165, 1.54) is 0 Å². The Balaban J connectivity index is 1.70. The van der Waals surface area contributed by atoms with Gasteiger partial charge in [-0.05, 0) is 13.0 Å². The molecule has 5 N–H and O–H groups in total. The fourth-order valence-electron chi connectivity index (χ4n) is 3.17. The van der Waals surface area contributed by atoms with E-state index in [1.807, 2.05) is 0 Å². The van der Waals surface area contributed by atoms with Crippen molar-refractivity contribution >= 4 is 17.8 Å². The van der Waals surface area contributed by atoms with Crippen LogP contribution in [0.15, 0.2) is 12.4 Å². The number of aromatic nitrogens is 5. The van der Waals surface area contributed by atoms with Gasteiger partial charge in [-0.25, -0.2) is 9.97 Å². The van der Waals surface area contributed by atoms with E-state index in [-0.39, 0.29) is 12.6 Å². The van der Waals surface area contributed by atoms with E-state index in [0.717, 1.165) is 13.0 Å². The van der Waals surface area contributed by atoms with Crippen LogP contribution in [-0.4, -0.2) is 81.6 Å². The smallest absolute Gasteiger partial charge is 0.230 e. The number of morpholine rings is 1. The van der Waals surface area contributed by atoms with Crippen LogP contribution in [0.1, 0.15) is 6.42 Å². The lowest BCUT2D eigenvalue weighted by Crippen LogP contribution is -2.45. The highest BCUT2D eigenvalue weighted by Gasteiger charge is 2.34. The number of nitrogens with two attached hydrogens (primary N) is 1. The van der Waals surface area contributed by atoms with Crippen LogP contribution in [0.5, 0.6) is 0 Å². The van der Waals surface area contributed by atoms with Crippen LogP contribution >= 0.6 is 0 Å². The predicted molar refractivity (Wildman–Crippen MR) is 99.2 cm³/mol. The van der Waals surface area contributed by atoms with Gasteiger partial charge >= 0.3 is 0 Å². The van der Waals surface area contributed by atoms with Gasteiger partial charge in [-0.3, -0.25) is 0 Å². The normalized spacial score (nSPS) is 22.8. The van der Waals surface area contributed by atoms with E-state index in [0.29, 0.717) is 56.1 Å². The molecule has 0 saturated carbocycles. The van der Waals surface area contributed by atoms with Crippen LogP contribution in [0, 0.1) is 0 Å². The molecule has 2 fully saturated rings. The average Bonchev–Trinajstić information content (AvgIpc) is 3.18. The van der Waals surface area contributed by atoms with E-state index in [4.69, 9.17) is 10.5 Å². The number of rotatable bonds is 5. The molecule has 2 aliphatic rings. The van der Waals surface area contributed by atoms with Gasteiger partial charge in [-0.1, -0.05) is 0 Å². The van der Waals surface area contributed by atoms with E-state index < -0.39 is 5.54 Å². The van der Waals surface area contributed by atoms with Crippen LogP contribution in [-0.2, 0) is 4.74 Å². The van der Waals surface area contributed by atoms with Gasteiger partial charge in [0.05, 0.1) is 30.9 Å². The Kier molecular flexibility index (Phi) is 4.97. The molecule has 11 heteroatoms. The molecule has 0 aliphatic carbocycles. The number of ether oxygens (including phenoxy) is 1. The van der Waals surface area contributed by atoms with Gasteiger partial charge in [0.15, 0.2) is 5.82 Å². The van der Waals surface area contributed by atoms with Crippen molar-refractivity contribution in [2.45, 2.75) is 12.0 Å². The van der Waals surface area contributed by atoms with Gasteiger partial charge in [-0.2, -0.15) is 15.0 Å². The maximum atomic E-state index is 9.88. The molecule has 0 amide bonds. The predicted octanol–water partition coefficient (Wildman–Crippen LogP) is -1.12. The zero-order valence-corrected chi connectivity index (χ0v) is 14.9. The zero-order chi connectivity index (χ0) is 18.7. The molecule has 1 atom stereocenters. The van der Waals surface area contributed by atoms with Crippen LogP contribution in [0.25, 0.3) is 11.4 Å². The molecule has 27 heavy (non-hydrogen) atoms. The van der Waals surface area contributed by atoms with Gasteiger partial charge in [0, 0.05) is 32.0 Å². The Bertz CT molecular complexity index is 774. The number of nitrogen functional groups attached to an aromatic ring is 1. The van der Waals surface area contributed by atoms with E-state index in [1.54, 1.807) is 12.4 Å². The minimum Gasteiger partial charge on any atom is -0.394 e. The molecule has 4 heterocycles. The van der Waals surface area contributed by atoms with Crippen molar-refractivity contribution in [3.8, 4) is 11.4 Å². The van der Waals surface area contributed by atoms with Gasteiger partial charge < -0.3 is 31.1 Å². The second kappa shape index (κ2) is 7.55. The van der Waals surface area contributed by atoms with E-state index in [2.05, 4.69) is 40.5 Å². The summed E-state index contributed by atoms with van der Waals surface area (Å²) < 4.78 is 5.42. The largest absolute Gasteiger partial charge is 0.394 e. The summed E-state index contributed by atoms with van der Waals surface area (Å²) in [6.07, 6.45) is 3.95. The average molecular weight is 373 g/mol. The zero-order valence-electron chi connectivity index (χ0n) is 14.9. The number of nitrogens with zero attached hydrogens (tertiary/aromatic N) is 6. The highest BCUT2D eigenvalue weighted by molar-refractivity contribution is 5.57. The summed E-state index contributed by atoms with van der Waals surface area (Å²) >= 11 is 0. The standard InChI is InChI=1S/C16H23N9O2/c17-13-19-7-11(8-20-13)12-21-14(24-16(10-26)1-2-18-9-16)23-15(22-12)25-3-5-27-6-4-25/h7-8,18,26H,1-6,9-10H2,(H2,17,19,20)(H,21,22,23,24)/t16-/m0/s1. The molecule has 0 spiro atoms. The van der Waals surface area contributed by atoms with Crippen molar-refractivity contribution in [2.75, 3.05) is 62.0 Å². The summed E-state index contributed by atoms with van der Waals surface area (Å²) in [6, 6.07) is 0. The van der Waals surface area contributed by atoms with Crippen molar-refractivity contribution in [1.82, 2.24) is 30.2 Å². The lowest BCUT2D eigenvalue weighted by molar-refractivity contribution is 0.122. The summed E-state index contributed by atoms with van der Waals surface area (Å²) in [5, 5.41) is 16.4. The molecule has 2 aliphatic heterocycles. The molecule has 2 saturated heterocycles.